The Balaban J connectivity index is 0.00000180. The lowest BCUT2D eigenvalue weighted by atomic mass is 10.4. The van der Waals surface area contributed by atoms with Gasteiger partial charge < -0.3 is 15.4 Å². The Morgan fingerprint density at radius 1 is 1.40 bits per heavy atom. The van der Waals surface area contributed by atoms with E-state index in [1.54, 1.807) is 18.4 Å². The molecule has 0 saturated heterocycles. The molecular weight excluding hydrogens is 321 g/mol. The molecule has 1 amide bonds. The summed E-state index contributed by atoms with van der Waals surface area (Å²) in [4.78, 5) is 16.1. The van der Waals surface area contributed by atoms with Gasteiger partial charge in [0.2, 0.25) is 0 Å². The van der Waals surface area contributed by atoms with E-state index in [9.17, 15) is 4.79 Å². The van der Waals surface area contributed by atoms with Crippen LogP contribution in [-0.2, 0) is 4.74 Å². The second kappa shape index (κ2) is 10.3. The molecule has 20 heavy (non-hydrogen) atoms. The minimum absolute atomic E-state index is 0. The van der Waals surface area contributed by atoms with Crippen LogP contribution in [0.3, 0.4) is 0 Å². The molecule has 1 saturated carbocycles. The van der Waals surface area contributed by atoms with Crippen LogP contribution in [-0.4, -0.2) is 44.2 Å². The molecular formula is C12H21Cl2N3O2S. The number of carbonyl (C=O) groups is 1. The van der Waals surface area contributed by atoms with Crippen molar-refractivity contribution in [2.45, 2.75) is 18.8 Å². The van der Waals surface area contributed by atoms with Crippen LogP contribution in [0.4, 0.5) is 0 Å². The Kier molecular flexibility index (Phi) is 10.1. The highest BCUT2D eigenvalue weighted by Gasteiger charge is 2.27. The third-order valence-corrected chi connectivity index (χ3v) is 3.76. The van der Waals surface area contributed by atoms with Crippen LogP contribution in [0.25, 0.3) is 0 Å². The van der Waals surface area contributed by atoms with Crippen LogP contribution >= 0.6 is 36.2 Å². The lowest BCUT2D eigenvalue weighted by Gasteiger charge is -2.04. The Morgan fingerprint density at radius 3 is 2.80 bits per heavy atom. The van der Waals surface area contributed by atoms with E-state index in [2.05, 4.69) is 15.6 Å². The number of amides is 1. The molecule has 1 fully saturated rings. The van der Waals surface area contributed by atoms with Gasteiger partial charge in [-0.25, -0.2) is 4.98 Å². The van der Waals surface area contributed by atoms with E-state index in [4.69, 9.17) is 4.74 Å². The Hall–Kier alpha value is -0.400. The highest BCUT2D eigenvalue weighted by Crippen LogP contribution is 2.41. The van der Waals surface area contributed by atoms with Gasteiger partial charge >= 0.3 is 0 Å². The largest absolute Gasteiger partial charge is 0.383 e. The highest BCUT2D eigenvalue weighted by molar-refractivity contribution is 7.10. The zero-order valence-electron chi connectivity index (χ0n) is 11.4. The van der Waals surface area contributed by atoms with Crippen LogP contribution in [0.2, 0.25) is 0 Å². The number of aromatic nitrogens is 1. The van der Waals surface area contributed by atoms with Crippen molar-refractivity contribution in [3.05, 3.63) is 16.1 Å². The Bertz CT molecular complexity index is 400. The topological polar surface area (TPSA) is 63.2 Å². The van der Waals surface area contributed by atoms with Crippen molar-refractivity contribution < 1.29 is 9.53 Å². The Labute approximate surface area is 135 Å². The van der Waals surface area contributed by atoms with Crippen molar-refractivity contribution in [2.24, 2.45) is 0 Å². The van der Waals surface area contributed by atoms with Crippen molar-refractivity contribution in [1.82, 2.24) is 15.6 Å². The molecule has 0 bridgehead atoms. The molecule has 1 aliphatic carbocycles. The zero-order valence-corrected chi connectivity index (χ0v) is 13.8. The lowest BCUT2D eigenvalue weighted by Crippen LogP contribution is -2.33. The van der Waals surface area contributed by atoms with E-state index in [1.807, 2.05) is 5.38 Å². The number of ether oxygens (including phenoxy) is 1. The summed E-state index contributed by atoms with van der Waals surface area (Å²) in [6.07, 6.45) is 2.44. The molecule has 1 heterocycles. The molecule has 2 rings (SSSR count). The number of carbonyl (C=O) groups excluding carboxylic acids is 1. The molecule has 1 aliphatic rings. The summed E-state index contributed by atoms with van der Waals surface area (Å²) < 4.78 is 4.91. The molecule has 1 aromatic rings. The fourth-order valence-corrected chi connectivity index (χ4v) is 2.54. The smallest absolute Gasteiger partial charge is 0.270 e. The van der Waals surface area contributed by atoms with Gasteiger partial charge in [0.15, 0.2) is 0 Å². The third-order valence-electron chi connectivity index (χ3n) is 2.75. The van der Waals surface area contributed by atoms with Crippen molar-refractivity contribution in [2.75, 3.05) is 33.4 Å². The fraction of sp³-hybridized carbons (Fsp3) is 0.667. The van der Waals surface area contributed by atoms with E-state index in [0.717, 1.165) is 18.1 Å². The zero-order chi connectivity index (χ0) is 12.8. The van der Waals surface area contributed by atoms with Gasteiger partial charge in [0.1, 0.15) is 5.69 Å². The third kappa shape index (κ3) is 6.37. The number of nitrogens with zero attached hydrogens (tertiary/aromatic N) is 1. The van der Waals surface area contributed by atoms with Gasteiger partial charge in [-0.2, -0.15) is 0 Å². The van der Waals surface area contributed by atoms with Gasteiger partial charge in [0.25, 0.3) is 5.91 Å². The van der Waals surface area contributed by atoms with Crippen molar-refractivity contribution in [1.29, 1.82) is 0 Å². The minimum Gasteiger partial charge on any atom is -0.383 e. The molecule has 0 spiro atoms. The van der Waals surface area contributed by atoms with Crippen molar-refractivity contribution in [3.8, 4) is 0 Å². The summed E-state index contributed by atoms with van der Waals surface area (Å²) in [5.41, 5.74) is 0.554. The van der Waals surface area contributed by atoms with Gasteiger partial charge in [-0.3, -0.25) is 4.79 Å². The average Bonchev–Trinajstić information content (AvgIpc) is 3.11. The normalized spacial score (nSPS) is 13.2. The molecule has 0 radical (unpaired) electrons. The molecule has 0 atom stereocenters. The maximum Gasteiger partial charge on any atom is 0.270 e. The van der Waals surface area contributed by atoms with E-state index in [1.165, 1.54) is 12.8 Å². The van der Waals surface area contributed by atoms with Crippen LogP contribution in [0.5, 0.6) is 0 Å². The quantitative estimate of drug-likeness (QED) is 0.708. The number of methoxy groups -OCH3 is 1. The van der Waals surface area contributed by atoms with Crippen molar-refractivity contribution >= 4 is 42.1 Å². The average molecular weight is 342 g/mol. The predicted octanol–water partition coefficient (Wildman–Crippen LogP) is 1.83. The summed E-state index contributed by atoms with van der Waals surface area (Å²) in [5, 5.41) is 8.98. The van der Waals surface area contributed by atoms with E-state index >= 15 is 0 Å². The maximum atomic E-state index is 11.8. The second-order valence-corrected chi connectivity index (χ2v) is 5.23. The monoisotopic (exact) mass is 341 g/mol. The summed E-state index contributed by atoms with van der Waals surface area (Å²) in [7, 11) is 1.67. The molecule has 8 heteroatoms. The van der Waals surface area contributed by atoms with Gasteiger partial charge in [-0.15, -0.1) is 36.2 Å². The first-order chi connectivity index (χ1) is 8.81. The van der Waals surface area contributed by atoms with Crippen LogP contribution in [0, 0.1) is 0 Å². The van der Waals surface area contributed by atoms with E-state index in [0.29, 0.717) is 24.8 Å². The maximum absolute atomic E-state index is 11.8. The number of hydrogen-bond donors (Lipinski definition) is 2. The van der Waals surface area contributed by atoms with E-state index in [-0.39, 0.29) is 30.7 Å². The molecule has 0 unspecified atom stereocenters. The van der Waals surface area contributed by atoms with Gasteiger partial charge in [0, 0.05) is 38.0 Å². The molecule has 0 aliphatic heterocycles. The molecule has 116 valence electrons. The fourth-order valence-electron chi connectivity index (χ4n) is 1.56. The van der Waals surface area contributed by atoms with Gasteiger partial charge in [-0.05, 0) is 12.8 Å². The molecule has 2 N–H and O–H groups in total. The van der Waals surface area contributed by atoms with E-state index < -0.39 is 0 Å². The summed E-state index contributed by atoms with van der Waals surface area (Å²) in [6, 6.07) is 0. The first-order valence-electron chi connectivity index (χ1n) is 6.24. The van der Waals surface area contributed by atoms with Crippen LogP contribution in [0.1, 0.15) is 34.3 Å². The van der Waals surface area contributed by atoms with Gasteiger partial charge in [-0.1, -0.05) is 0 Å². The first-order valence-corrected chi connectivity index (χ1v) is 7.12. The number of halogens is 2. The SMILES string of the molecule is COCCNCCNC(=O)c1csc(C2CC2)n1.Cl.Cl. The number of thiazole rings is 1. The summed E-state index contributed by atoms with van der Waals surface area (Å²) >= 11 is 1.59. The molecule has 5 nitrogen and oxygen atoms in total. The summed E-state index contributed by atoms with van der Waals surface area (Å²) in [5.74, 6) is 0.541. The number of nitrogens with one attached hydrogen (secondary N) is 2. The number of hydrogen-bond acceptors (Lipinski definition) is 5. The van der Waals surface area contributed by atoms with Crippen LogP contribution in [0.15, 0.2) is 5.38 Å². The molecule has 1 aromatic heterocycles. The predicted molar refractivity (Wildman–Crippen MR) is 85.7 cm³/mol. The highest BCUT2D eigenvalue weighted by atomic mass is 35.5. The minimum atomic E-state index is -0.0771. The standard InChI is InChI=1S/C12H19N3O2S.2ClH/c1-17-7-6-13-4-5-14-11(16)10-8-18-12(15-10)9-2-3-9;;/h8-9,13H,2-7H2,1H3,(H,14,16);2*1H. The summed E-state index contributed by atoms with van der Waals surface area (Å²) in [6.45, 7) is 2.84. The van der Waals surface area contributed by atoms with Crippen LogP contribution < -0.4 is 10.6 Å². The molecule has 0 aromatic carbocycles. The first kappa shape index (κ1) is 19.6. The van der Waals surface area contributed by atoms with Crippen molar-refractivity contribution in [3.63, 3.8) is 0 Å². The Morgan fingerprint density at radius 2 is 2.15 bits per heavy atom. The lowest BCUT2D eigenvalue weighted by molar-refractivity contribution is 0.0949. The van der Waals surface area contributed by atoms with Gasteiger partial charge in [0.05, 0.1) is 11.6 Å². The second-order valence-electron chi connectivity index (χ2n) is 4.34. The number of rotatable bonds is 8.